The first kappa shape index (κ1) is 14.4. The molecule has 0 bridgehead atoms. The van der Waals surface area contributed by atoms with Gasteiger partial charge in [-0.15, -0.1) is 0 Å². The average molecular weight is 323 g/mol. The summed E-state index contributed by atoms with van der Waals surface area (Å²) in [4.78, 5) is 16.4. The van der Waals surface area contributed by atoms with E-state index in [0.717, 1.165) is 32.4 Å². The summed E-state index contributed by atoms with van der Waals surface area (Å²) < 4.78 is 2.47. The van der Waals surface area contributed by atoms with E-state index in [9.17, 15) is 0 Å². The normalized spacial score (nSPS) is 23.2. The molecular formula is C19H25N5. The molecule has 2 aromatic heterocycles. The van der Waals surface area contributed by atoms with E-state index in [1.807, 2.05) is 0 Å². The monoisotopic (exact) mass is 323 g/mol. The topological polar surface area (TPSA) is 46.8 Å². The van der Waals surface area contributed by atoms with Crippen molar-refractivity contribution in [3.05, 3.63) is 35.3 Å². The lowest BCUT2D eigenvalue weighted by molar-refractivity contribution is 0.514. The molecular weight excluding hydrogens is 298 g/mol. The van der Waals surface area contributed by atoms with E-state index in [1.165, 1.54) is 67.0 Å². The summed E-state index contributed by atoms with van der Waals surface area (Å²) in [5, 5.41) is 0. The second-order valence-electron chi connectivity index (χ2n) is 7.47. The van der Waals surface area contributed by atoms with Crippen molar-refractivity contribution in [3.8, 4) is 0 Å². The van der Waals surface area contributed by atoms with E-state index < -0.39 is 0 Å². The molecule has 2 aliphatic carbocycles. The van der Waals surface area contributed by atoms with Crippen LogP contribution in [0.25, 0.3) is 0 Å². The molecule has 0 unspecified atom stereocenters. The van der Waals surface area contributed by atoms with Crippen molar-refractivity contribution in [2.45, 2.75) is 63.8 Å². The standard InChI is InChI=1S/C19H25N5/c1-2-6-16-15(5-1)19(21-12-20-16)23-10-9-14(11-23)24-13-22-17-7-3-4-8-18(17)24/h12-14H,1-11H2/t14-/m0/s1. The minimum absolute atomic E-state index is 0.550. The van der Waals surface area contributed by atoms with Crippen LogP contribution in [0.3, 0.4) is 0 Å². The van der Waals surface area contributed by atoms with Gasteiger partial charge in [-0.3, -0.25) is 0 Å². The van der Waals surface area contributed by atoms with Gasteiger partial charge in [-0.2, -0.15) is 0 Å². The van der Waals surface area contributed by atoms with Gasteiger partial charge in [0.25, 0.3) is 0 Å². The molecule has 0 amide bonds. The van der Waals surface area contributed by atoms with Gasteiger partial charge >= 0.3 is 0 Å². The van der Waals surface area contributed by atoms with Crippen LogP contribution >= 0.6 is 0 Å². The van der Waals surface area contributed by atoms with Gasteiger partial charge < -0.3 is 9.47 Å². The van der Waals surface area contributed by atoms with Crippen LogP contribution in [0.15, 0.2) is 12.7 Å². The maximum atomic E-state index is 4.69. The number of fused-ring (bicyclic) bond motifs is 2. The maximum absolute atomic E-state index is 4.69. The van der Waals surface area contributed by atoms with Crippen molar-refractivity contribution in [1.29, 1.82) is 0 Å². The molecule has 3 heterocycles. The van der Waals surface area contributed by atoms with Gasteiger partial charge in [0.15, 0.2) is 0 Å². The highest BCUT2D eigenvalue weighted by Gasteiger charge is 2.30. The lowest BCUT2D eigenvalue weighted by Crippen LogP contribution is -2.25. The minimum atomic E-state index is 0.550. The maximum Gasteiger partial charge on any atom is 0.135 e. The SMILES string of the molecule is c1nc2c(c(N3CC[C@H](n4cnc5c4CCCC5)C3)n1)CCCC2. The van der Waals surface area contributed by atoms with Crippen molar-refractivity contribution < 1.29 is 0 Å². The highest BCUT2D eigenvalue weighted by Crippen LogP contribution is 2.33. The second kappa shape index (κ2) is 5.87. The van der Waals surface area contributed by atoms with Crippen LogP contribution in [-0.2, 0) is 25.7 Å². The predicted molar refractivity (Wildman–Crippen MR) is 93.4 cm³/mol. The number of anilines is 1. The van der Waals surface area contributed by atoms with Gasteiger partial charge in [0, 0.05) is 30.0 Å². The largest absolute Gasteiger partial charge is 0.354 e. The zero-order chi connectivity index (χ0) is 15.9. The third-order valence-electron chi connectivity index (χ3n) is 6.02. The Labute approximate surface area is 143 Å². The number of rotatable bonds is 2. The van der Waals surface area contributed by atoms with Crippen molar-refractivity contribution >= 4 is 5.82 Å². The Hall–Kier alpha value is -1.91. The fraction of sp³-hybridized carbons (Fsp3) is 0.632. The molecule has 1 atom stereocenters. The van der Waals surface area contributed by atoms with Crippen LogP contribution in [0.1, 0.15) is 60.8 Å². The summed E-state index contributed by atoms with van der Waals surface area (Å²) in [7, 11) is 0. The molecule has 1 fully saturated rings. The molecule has 0 N–H and O–H groups in total. The van der Waals surface area contributed by atoms with Gasteiger partial charge in [-0.1, -0.05) is 0 Å². The van der Waals surface area contributed by atoms with Crippen LogP contribution in [0, 0.1) is 0 Å². The molecule has 2 aromatic rings. The Bertz CT molecular complexity index is 750. The molecule has 0 saturated carbocycles. The first-order valence-electron chi connectivity index (χ1n) is 9.52. The fourth-order valence-electron chi connectivity index (χ4n) is 4.74. The van der Waals surface area contributed by atoms with Crippen LogP contribution in [0.4, 0.5) is 5.82 Å². The number of nitrogens with zero attached hydrogens (tertiary/aromatic N) is 5. The zero-order valence-corrected chi connectivity index (χ0v) is 14.2. The van der Waals surface area contributed by atoms with E-state index in [0.29, 0.717) is 6.04 Å². The molecule has 0 spiro atoms. The average Bonchev–Trinajstić information content (AvgIpc) is 3.28. The van der Waals surface area contributed by atoms with E-state index in [4.69, 9.17) is 0 Å². The highest BCUT2D eigenvalue weighted by molar-refractivity contribution is 5.50. The third kappa shape index (κ3) is 2.33. The Morgan fingerprint density at radius 2 is 1.71 bits per heavy atom. The molecule has 1 aliphatic heterocycles. The van der Waals surface area contributed by atoms with Crippen LogP contribution < -0.4 is 4.90 Å². The molecule has 3 aliphatic rings. The molecule has 0 radical (unpaired) electrons. The van der Waals surface area contributed by atoms with E-state index in [1.54, 1.807) is 6.33 Å². The highest BCUT2D eigenvalue weighted by atomic mass is 15.3. The van der Waals surface area contributed by atoms with Gasteiger partial charge in [-0.25, -0.2) is 15.0 Å². The van der Waals surface area contributed by atoms with E-state index in [-0.39, 0.29) is 0 Å². The summed E-state index contributed by atoms with van der Waals surface area (Å²) in [5.41, 5.74) is 5.55. The van der Waals surface area contributed by atoms with Crippen LogP contribution in [0.5, 0.6) is 0 Å². The minimum Gasteiger partial charge on any atom is -0.354 e. The van der Waals surface area contributed by atoms with E-state index in [2.05, 4.69) is 30.7 Å². The fourth-order valence-corrected chi connectivity index (χ4v) is 4.74. The number of hydrogen-bond acceptors (Lipinski definition) is 4. The Morgan fingerprint density at radius 1 is 0.875 bits per heavy atom. The molecule has 1 saturated heterocycles. The molecule has 5 rings (SSSR count). The number of aryl methyl sites for hydroxylation is 2. The summed E-state index contributed by atoms with van der Waals surface area (Å²) in [5.74, 6) is 1.20. The van der Waals surface area contributed by atoms with Crippen molar-refractivity contribution in [2.75, 3.05) is 18.0 Å². The zero-order valence-electron chi connectivity index (χ0n) is 14.2. The quantitative estimate of drug-likeness (QED) is 0.852. The van der Waals surface area contributed by atoms with E-state index >= 15 is 0 Å². The first-order chi connectivity index (χ1) is 11.9. The number of aromatic nitrogens is 4. The van der Waals surface area contributed by atoms with Crippen molar-refractivity contribution in [1.82, 2.24) is 19.5 Å². The number of hydrogen-bond donors (Lipinski definition) is 0. The summed E-state index contributed by atoms with van der Waals surface area (Å²) in [6.07, 6.45) is 14.9. The smallest absolute Gasteiger partial charge is 0.135 e. The molecule has 126 valence electrons. The lowest BCUT2D eigenvalue weighted by Gasteiger charge is -2.25. The van der Waals surface area contributed by atoms with Gasteiger partial charge in [0.05, 0.1) is 18.1 Å². The second-order valence-corrected chi connectivity index (χ2v) is 7.47. The Kier molecular flexibility index (Phi) is 3.53. The van der Waals surface area contributed by atoms with Gasteiger partial charge in [0.1, 0.15) is 12.1 Å². The van der Waals surface area contributed by atoms with Crippen LogP contribution in [-0.4, -0.2) is 32.6 Å². The van der Waals surface area contributed by atoms with Crippen molar-refractivity contribution in [3.63, 3.8) is 0 Å². The first-order valence-corrected chi connectivity index (χ1v) is 9.52. The summed E-state index contributed by atoms with van der Waals surface area (Å²) in [6, 6.07) is 0.550. The molecule has 5 heteroatoms. The third-order valence-corrected chi connectivity index (χ3v) is 6.02. The van der Waals surface area contributed by atoms with Gasteiger partial charge in [0.2, 0.25) is 0 Å². The Morgan fingerprint density at radius 3 is 2.67 bits per heavy atom. The lowest BCUT2D eigenvalue weighted by atomic mass is 9.96. The Balaban J connectivity index is 1.41. The molecule has 0 aromatic carbocycles. The molecule has 24 heavy (non-hydrogen) atoms. The molecule has 5 nitrogen and oxygen atoms in total. The summed E-state index contributed by atoms with van der Waals surface area (Å²) >= 11 is 0. The van der Waals surface area contributed by atoms with Crippen molar-refractivity contribution in [2.24, 2.45) is 0 Å². The predicted octanol–water partition coefficient (Wildman–Crippen LogP) is 2.88. The number of imidazole rings is 1. The van der Waals surface area contributed by atoms with Crippen LogP contribution in [0.2, 0.25) is 0 Å². The summed E-state index contributed by atoms with van der Waals surface area (Å²) in [6.45, 7) is 2.16. The van der Waals surface area contributed by atoms with Gasteiger partial charge in [-0.05, 0) is 57.8 Å².